The molecule has 4 aromatic rings. The molecule has 32 heavy (non-hydrogen) atoms. The summed E-state index contributed by atoms with van der Waals surface area (Å²) >= 11 is 1.62. The third-order valence-corrected chi connectivity index (χ3v) is 6.29. The van der Waals surface area contributed by atoms with E-state index in [0.717, 1.165) is 43.5 Å². The van der Waals surface area contributed by atoms with E-state index in [4.69, 9.17) is 23.7 Å². The Morgan fingerprint density at radius 3 is 1.84 bits per heavy atom. The minimum Gasteiger partial charge on any atom is -0.497 e. The molecule has 6 nitrogen and oxygen atoms in total. The molecule has 166 valence electrons. The molecule has 0 saturated heterocycles. The van der Waals surface area contributed by atoms with Crippen LogP contribution < -0.4 is 23.7 Å². The van der Waals surface area contributed by atoms with Crippen LogP contribution in [0.15, 0.2) is 64.4 Å². The van der Waals surface area contributed by atoms with Crippen molar-refractivity contribution in [3.05, 3.63) is 54.6 Å². The molecule has 1 heterocycles. The predicted octanol–water partition coefficient (Wildman–Crippen LogP) is 6.03. The van der Waals surface area contributed by atoms with Gasteiger partial charge in [0.15, 0.2) is 11.5 Å². The molecule has 1 aromatic heterocycles. The lowest BCUT2D eigenvalue weighted by Crippen LogP contribution is -1.95. The second-order valence-electron chi connectivity index (χ2n) is 6.93. The normalized spacial score (nSPS) is 10.8. The van der Waals surface area contributed by atoms with E-state index in [0.29, 0.717) is 17.2 Å². The maximum absolute atomic E-state index is 5.54. The molecule has 7 heteroatoms. The van der Waals surface area contributed by atoms with Crippen molar-refractivity contribution in [3.63, 3.8) is 0 Å². The average Bonchev–Trinajstić information content (AvgIpc) is 3.20. The van der Waals surface area contributed by atoms with Gasteiger partial charge in [-0.05, 0) is 60.2 Å². The van der Waals surface area contributed by atoms with Crippen molar-refractivity contribution < 1.29 is 23.7 Å². The van der Waals surface area contributed by atoms with Crippen molar-refractivity contribution in [1.82, 2.24) is 4.98 Å². The summed E-state index contributed by atoms with van der Waals surface area (Å²) in [5.41, 5.74) is 3.08. The van der Waals surface area contributed by atoms with Crippen molar-refractivity contribution in [1.29, 1.82) is 0 Å². The summed E-state index contributed by atoms with van der Waals surface area (Å²) < 4.78 is 27.4. The molecule has 0 aliphatic carbocycles. The van der Waals surface area contributed by atoms with Crippen LogP contribution in [0.4, 0.5) is 0 Å². The molecule has 0 saturated carbocycles. The minimum absolute atomic E-state index is 0.565. The smallest absolute Gasteiger partial charge is 0.203 e. The average molecular weight is 452 g/mol. The summed E-state index contributed by atoms with van der Waals surface area (Å²) in [6.45, 7) is 0. The molecular weight excluding hydrogens is 426 g/mol. The molecular formula is C25H25NO5S. The summed E-state index contributed by atoms with van der Waals surface area (Å²) in [7, 11) is 8.16. The second kappa shape index (κ2) is 9.36. The Morgan fingerprint density at radius 2 is 1.28 bits per heavy atom. The van der Waals surface area contributed by atoms with E-state index >= 15 is 0 Å². The van der Waals surface area contributed by atoms with Crippen LogP contribution in [0, 0.1) is 0 Å². The lowest BCUT2D eigenvalue weighted by atomic mass is 10.1. The van der Waals surface area contributed by atoms with Crippen molar-refractivity contribution in [2.75, 3.05) is 35.5 Å². The number of hydrogen-bond donors (Lipinski definition) is 1. The van der Waals surface area contributed by atoms with Crippen LogP contribution >= 0.6 is 11.8 Å². The molecule has 3 aromatic carbocycles. The number of nitrogens with one attached hydrogen (secondary N) is 1. The lowest BCUT2D eigenvalue weighted by molar-refractivity contribution is 0.323. The Kier molecular flexibility index (Phi) is 6.37. The van der Waals surface area contributed by atoms with E-state index in [2.05, 4.69) is 4.98 Å². The van der Waals surface area contributed by atoms with Crippen LogP contribution in [0.5, 0.6) is 28.7 Å². The van der Waals surface area contributed by atoms with E-state index in [1.54, 1.807) is 47.3 Å². The Morgan fingerprint density at radius 1 is 0.656 bits per heavy atom. The van der Waals surface area contributed by atoms with Gasteiger partial charge in [0, 0.05) is 20.7 Å². The molecule has 1 N–H and O–H groups in total. The third kappa shape index (κ3) is 4.03. The second-order valence-corrected chi connectivity index (χ2v) is 8.02. The molecule has 0 spiro atoms. The molecule has 0 amide bonds. The highest BCUT2D eigenvalue weighted by molar-refractivity contribution is 7.99. The maximum Gasteiger partial charge on any atom is 0.203 e. The zero-order chi connectivity index (χ0) is 22.7. The van der Waals surface area contributed by atoms with E-state index in [-0.39, 0.29) is 0 Å². The number of ether oxygens (including phenoxy) is 5. The maximum atomic E-state index is 5.54. The SMILES string of the molecule is COc1ccc(-c2[nH]c3ccc(OC)cc3c2Sc2cc(OC)c(OC)c(OC)c2)cc1. The van der Waals surface area contributed by atoms with Crippen LogP contribution in [0.1, 0.15) is 0 Å². The first kappa shape index (κ1) is 21.8. The summed E-state index contributed by atoms with van der Waals surface area (Å²) in [5, 5.41) is 1.06. The number of aromatic nitrogens is 1. The number of aromatic amines is 1. The Hall–Kier alpha value is -3.45. The quantitative estimate of drug-likeness (QED) is 0.353. The van der Waals surface area contributed by atoms with Crippen molar-refractivity contribution >= 4 is 22.7 Å². The molecule has 0 aliphatic heterocycles. The van der Waals surface area contributed by atoms with Gasteiger partial charge in [0.05, 0.1) is 41.2 Å². The first-order chi connectivity index (χ1) is 15.6. The third-order valence-electron chi connectivity index (χ3n) is 5.19. The first-order valence-corrected chi connectivity index (χ1v) is 10.8. The highest BCUT2D eigenvalue weighted by Crippen LogP contribution is 2.47. The van der Waals surface area contributed by atoms with Crippen LogP contribution in [-0.2, 0) is 0 Å². The van der Waals surface area contributed by atoms with E-state index in [9.17, 15) is 0 Å². The van der Waals surface area contributed by atoms with Gasteiger partial charge in [0.25, 0.3) is 0 Å². The van der Waals surface area contributed by atoms with Crippen LogP contribution in [-0.4, -0.2) is 40.5 Å². The monoisotopic (exact) mass is 451 g/mol. The number of rotatable bonds is 8. The fourth-order valence-corrected chi connectivity index (χ4v) is 4.69. The van der Waals surface area contributed by atoms with Crippen LogP contribution in [0.25, 0.3) is 22.2 Å². The van der Waals surface area contributed by atoms with Gasteiger partial charge in [-0.15, -0.1) is 0 Å². The largest absolute Gasteiger partial charge is 0.497 e. The summed E-state index contributed by atoms with van der Waals surface area (Å²) in [4.78, 5) is 5.59. The molecule has 0 aliphatic rings. The van der Waals surface area contributed by atoms with Gasteiger partial charge in [0.2, 0.25) is 5.75 Å². The summed E-state index contributed by atoms with van der Waals surface area (Å²) in [6, 6.07) is 17.9. The minimum atomic E-state index is 0.565. The van der Waals surface area contributed by atoms with Gasteiger partial charge in [-0.2, -0.15) is 0 Å². The zero-order valence-corrected chi connectivity index (χ0v) is 19.5. The number of fused-ring (bicyclic) bond motifs is 1. The fraction of sp³-hybridized carbons (Fsp3) is 0.200. The molecule has 0 radical (unpaired) electrons. The van der Waals surface area contributed by atoms with Crippen molar-refractivity contribution in [2.24, 2.45) is 0 Å². The van der Waals surface area contributed by atoms with Gasteiger partial charge < -0.3 is 28.7 Å². The van der Waals surface area contributed by atoms with Gasteiger partial charge >= 0.3 is 0 Å². The summed E-state index contributed by atoms with van der Waals surface area (Å²) in [6.07, 6.45) is 0. The van der Waals surface area contributed by atoms with Gasteiger partial charge in [-0.1, -0.05) is 11.8 Å². The van der Waals surface area contributed by atoms with Gasteiger partial charge in [-0.3, -0.25) is 0 Å². The van der Waals surface area contributed by atoms with E-state index in [1.165, 1.54) is 0 Å². The molecule has 0 fully saturated rings. The fourth-order valence-electron chi connectivity index (χ4n) is 3.57. The Labute approximate surface area is 191 Å². The van der Waals surface area contributed by atoms with E-state index < -0.39 is 0 Å². The summed E-state index contributed by atoms with van der Waals surface area (Å²) in [5.74, 6) is 3.39. The number of methoxy groups -OCH3 is 5. The molecule has 0 unspecified atom stereocenters. The topological polar surface area (TPSA) is 61.9 Å². The van der Waals surface area contributed by atoms with Gasteiger partial charge in [0.1, 0.15) is 11.5 Å². The highest BCUT2D eigenvalue weighted by Gasteiger charge is 2.19. The molecule has 4 rings (SSSR count). The highest BCUT2D eigenvalue weighted by atomic mass is 32.2. The van der Waals surface area contributed by atoms with Crippen LogP contribution in [0.2, 0.25) is 0 Å². The Balaban J connectivity index is 1.88. The first-order valence-electron chi connectivity index (χ1n) is 9.93. The van der Waals surface area contributed by atoms with Crippen LogP contribution in [0.3, 0.4) is 0 Å². The van der Waals surface area contributed by atoms with E-state index in [1.807, 2.05) is 54.6 Å². The number of benzene rings is 3. The number of H-pyrrole nitrogens is 1. The van der Waals surface area contributed by atoms with Crippen molar-refractivity contribution in [3.8, 4) is 40.0 Å². The number of hydrogen-bond acceptors (Lipinski definition) is 6. The zero-order valence-electron chi connectivity index (χ0n) is 18.6. The molecule has 0 atom stereocenters. The molecule has 0 bridgehead atoms. The Bertz CT molecular complexity index is 1210. The van der Waals surface area contributed by atoms with Gasteiger partial charge in [-0.25, -0.2) is 0 Å². The van der Waals surface area contributed by atoms with Crippen molar-refractivity contribution in [2.45, 2.75) is 9.79 Å². The lowest BCUT2D eigenvalue weighted by Gasteiger charge is -2.14. The standard InChI is InChI=1S/C25H25NO5S/c1-27-16-8-6-15(7-9-16)23-25(19-12-17(28-2)10-11-20(19)26-23)32-18-13-21(29-3)24(31-5)22(14-18)30-4/h6-14,26H,1-5H3. The predicted molar refractivity (Wildman–Crippen MR) is 127 cm³/mol.